The van der Waals surface area contributed by atoms with Crippen LogP contribution in [0.2, 0.25) is 5.02 Å². The van der Waals surface area contributed by atoms with Crippen LogP contribution in [0.5, 0.6) is 0 Å². The van der Waals surface area contributed by atoms with Gasteiger partial charge in [-0.3, -0.25) is 4.79 Å². The van der Waals surface area contributed by atoms with E-state index in [1.54, 1.807) is 0 Å². The van der Waals surface area contributed by atoms with Crippen LogP contribution in [0.4, 0.5) is 0 Å². The molecule has 2 bridgehead atoms. The SMILES string of the molecule is Cc1csc(C(=O)N2CCC3CCC(C2)N3)c1Cl.Cl. The molecule has 0 radical (unpaired) electrons. The number of hydrogen-bond donors (Lipinski definition) is 1. The first kappa shape index (κ1) is 15.1. The Hall–Kier alpha value is -0.290. The summed E-state index contributed by atoms with van der Waals surface area (Å²) in [5.41, 5.74) is 1.000. The Morgan fingerprint density at radius 1 is 1.42 bits per heavy atom. The molecule has 3 rings (SSSR count). The number of halogens is 2. The molecule has 1 N–H and O–H groups in total. The molecule has 3 heterocycles. The number of carbonyl (C=O) groups excluding carboxylic acids is 1. The summed E-state index contributed by atoms with van der Waals surface area (Å²) in [7, 11) is 0. The number of nitrogens with one attached hydrogen (secondary N) is 1. The molecule has 2 unspecified atom stereocenters. The van der Waals surface area contributed by atoms with Crippen LogP contribution in [-0.2, 0) is 0 Å². The van der Waals surface area contributed by atoms with E-state index in [0.29, 0.717) is 22.0 Å². The van der Waals surface area contributed by atoms with Gasteiger partial charge in [0.15, 0.2) is 0 Å². The quantitative estimate of drug-likeness (QED) is 0.862. The van der Waals surface area contributed by atoms with Gasteiger partial charge in [0.1, 0.15) is 4.88 Å². The molecule has 2 aliphatic rings. The van der Waals surface area contributed by atoms with E-state index in [1.807, 2.05) is 17.2 Å². The van der Waals surface area contributed by atoms with Gasteiger partial charge in [-0.1, -0.05) is 11.6 Å². The lowest BCUT2D eigenvalue weighted by atomic mass is 10.1. The Balaban J connectivity index is 0.00000133. The second-order valence-electron chi connectivity index (χ2n) is 5.24. The highest BCUT2D eigenvalue weighted by molar-refractivity contribution is 7.13. The zero-order valence-corrected chi connectivity index (χ0v) is 13.2. The highest BCUT2D eigenvalue weighted by atomic mass is 35.5. The van der Waals surface area contributed by atoms with Crippen molar-refractivity contribution in [1.29, 1.82) is 0 Å². The molecule has 0 spiro atoms. The molecule has 2 saturated heterocycles. The predicted molar refractivity (Wildman–Crippen MR) is 81.8 cm³/mol. The molecule has 19 heavy (non-hydrogen) atoms. The van der Waals surface area contributed by atoms with Gasteiger partial charge in [-0.25, -0.2) is 0 Å². The van der Waals surface area contributed by atoms with Crippen molar-refractivity contribution < 1.29 is 4.79 Å². The van der Waals surface area contributed by atoms with E-state index >= 15 is 0 Å². The van der Waals surface area contributed by atoms with Crippen LogP contribution in [0.15, 0.2) is 5.38 Å². The zero-order valence-electron chi connectivity index (χ0n) is 10.8. The summed E-state index contributed by atoms with van der Waals surface area (Å²) in [6, 6.07) is 1.08. The van der Waals surface area contributed by atoms with E-state index < -0.39 is 0 Å². The van der Waals surface area contributed by atoms with Crippen molar-refractivity contribution in [2.75, 3.05) is 13.1 Å². The number of thiophene rings is 1. The number of fused-ring (bicyclic) bond motifs is 2. The van der Waals surface area contributed by atoms with Gasteiger partial charge in [0.05, 0.1) is 5.02 Å². The van der Waals surface area contributed by atoms with Gasteiger partial charge >= 0.3 is 0 Å². The van der Waals surface area contributed by atoms with Gasteiger partial charge in [-0.05, 0) is 37.1 Å². The maximum Gasteiger partial charge on any atom is 0.265 e. The lowest BCUT2D eigenvalue weighted by Crippen LogP contribution is -2.38. The normalized spacial score (nSPS) is 25.9. The van der Waals surface area contributed by atoms with Crippen LogP contribution >= 0.6 is 35.3 Å². The second-order valence-corrected chi connectivity index (χ2v) is 6.50. The van der Waals surface area contributed by atoms with Gasteiger partial charge in [0.25, 0.3) is 5.91 Å². The maximum absolute atomic E-state index is 12.5. The van der Waals surface area contributed by atoms with Crippen molar-refractivity contribution in [2.45, 2.75) is 38.3 Å². The van der Waals surface area contributed by atoms with Crippen molar-refractivity contribution in [3.8, 4) is 0 Å². The summed E-state index contributed by atoms with van der Waals surface area (Å²) >= 11 is 7.65. The Kier molecular flexibility index (Phi) is 4.77. The van der Waals surface area contributed by atoms with E-state index in [2.05, 4.69) is 5.32 Å². The van der Waals surface area contributed by atoms with Gasteiger partial charge in [0, 0.05) is 25.2 Å². The minimum Gasteiger partial charge on any atom is -0.336 e. The number of hydrogen-bond acceptors (Lipinski definition) is 3. The molecule has 0 aromatic carbocycles. The van der Waals surface area contributed by atoms with Crippen LogP contribution in [0.1, 0.15) is 34.5 Å². The van der Waals surface area contributed by atoms with E-state index in [1.165, 1.54) is 24.2 Å². The third-order valence-electron chi connectivity index (χ3n) is 3.90. The molecular weight excluding hydrogens is 303 g/mol. The first-order chi connectivity index (χ1) is 8.65. The Morgan fingerprint density at radius 2 is 2.16 bits per heavy atom. The van der Waals surface area contributed by atoms with Crippen molar-refractivity contribution >= 4 is 41.3 Å². The van der Waals surface area contributed by atoms with Gasteiger partial charge < -0.3 is 10.2 Å². The summed E-state index contributed by atoms with van der Waals surface area (Å²) < 4.78 is 0. The van der Waals surface area contributed by atoms with Crippen LogP contribution in [0, 0.1) is 6.92 Å². The largest absolute Gasteiger partial charge is 0.336 e. The standard InChI is InChI=1S/C13H17ClN2OS.ClH/c1-8-7-18-12(11(8)14)13(17)16-5-4-9-2-3-10(6-16)15-9;/h7,9-10,15H,2-6H2,1H3;1H. The summed E-state index contributed by atoms with van der Waals surface area (Å²) in [6.07, 6.45) is 3.50. The van der Waals surface area contributed by atoms with E-state index in [-0.39, 0.29) is 18.3 Å². The summed E-state index contributed by atoms with van der Waals surface area (Å²) in [5, 5.41) is 6.17. The molecule has 2 fully saturated rings. The molecule has 0 aliphatic carbocycles. The maximum atomic E-state index is 12.5. The third kappa shape index (κ3) is 2.92. The predicted octanol–water partition coefficient (Wildman–Crippen LogP) is 3.10. The van der Waals surface area contributed by atoms with E-state index in [4.69, 9.17) is 11.6 Å². The topological polar surface area (TPSA) is 32.3 Å². The molecule has 3 nitrogen and oxygen atoms in total. The van der Waals surface area contributed by atoms with E-state index in [9.17, 15) is 4.79 Å². The molecule has 1 amide bonds. The minimum atomic E-state index is 0. The molecule has 2 aliphatic heterocycles. The van der Waals surface area contributed by atoms with Gasteiger partial charge in [0.2, 0.25) is 0 Å². The smallest absolute Gasteiger partial charge is 0.265 e. The molecule has 106 valence electrons. The number of nitrogens with zero attached hydrogens (tertiary/aromatic N) is 1. The Morgan fingerprint density at radius 3 is 2.84 bits per heavy atom. The van der Waals surface area contributed by atoms with Crippen molar-refractivity contribution in [1.82, 2.24) is 10.2 Å². The van der Waals surface area contributed by atoms with Gasteiger partial charge in [-0.2, -0.15) is 0 Å². The molecule has 2 atom stereocenters. The highest BCUT2D eigenvalue weighted by Gasteiger charge is 2.32. The van der Waals surface area contributed by atoms with Crippen molar-refractivity contribution in [3.63, 3.8) is 0 Å². The second kappa shape index (κ2) is 6.00. The number of carbonyl (C=O) groups is 1. The molecule has 0 saturated carbocycles. The summed E-state index contributed by atoms with van der Waals surface area (Å²) in [5.74, 6) is 0.104. The summed E-state index contributed by atoms with van der Waals surface area (Å²) in [6.45, 7) is 3.62. The first-order valence-corrected chi connectivity index (χ1v) is 7.70. The van der Waals surface area contributed by atoms with Crippen LogP contribution in [-0.4, -0.2) is 36.0 Å². The molecule has 1 aromatic heterocycles. The highest BCUT2D eigenvalue weighted by Crippen LogP contribution is 2.29. The van der Waals surface area contributed by atoms with Crippen LogP contribution < -0.4 is 5.32 Å². The fraction of sp³-hybridized carbons (Fsp3) is 0.615. The Bertz CT molecular complexity index is 477. The fourth-order valence-electron chi connectivity index (χ4n) is 2.85. The number of likely N-dealkylation sites (tertiary alicyclic amines) is 1. The third-order valence-corrected chi connectivity index (χ3v) is 5.59. The number of amides is 1. The average molecular weight is 321 g/mol. The van der Waals surface area contributed by atoms with Crippen LogP contribution in [0.25, 0.3) is 0 Å². The minimum absolute atomic E-state index is 0. The zero-order chi connectivity index (χ0) is 12.7. The molecule has 6 heteroatoms. The van der Waals surface area contributed by atoms with E-state index in [0.717, 1.165) is 25.1 Å². The van der Waals surface area contributed by atoms with Crippen molar-refractivity contribution in [2.24, 2.45) is 0 Å². The van der Waals surface area contributed by atoms with Crippen molar-refractivity contribution in [3.05, 3.63) is 20.8 Å². The molecular formula is C13H18Cl2N2OS. The number of rotatable bonds is 1. The monoisotopic (exact) mass is 320 g/mol. The Labute approximate surface area is 128 Å². The lowest BCUT2D eigenvalue weighted by Gasteiger charge is -2.23. The lowest BCUT2D eigenvalue weighted by molar-refractivity contribution is 0.0753. The van der Waals surface area contributed by atoms with Crippen LogP contribution in [0.3, 0.4) is 0 Å². The fourth-order valence-corrected chi connectivity index (χ4v) is 4.09. The van der Waals surface area contributed by atoms with Gasteiger partial charge in [-0.15, -0.1) is 23.7 Å². The number of aryl methyl sites for hydroxylation is 1. The summed E-state index contributed by atoms with van der Waals surface area (Å²) in [4.78, 5) is 15.2. The molecule has 1 aromatic rings. The average Bonchev–Trinajstić information content (AvgIpc) is 2.83. The first-order valence-electron chi connectivity index (χ1n) is 6.44.